The van der Waals surface area contributed by atoms with E-state index in [1.54, 1.807) is 11.3 Å². The molecule has 0 radical (unpaired) electrons. The monoisotopic (exact) mass is 248 g/mol. The zero-order chi connectivity index (χ0) is 12.1. The molecule has 17 heavy (non-hydrogen) atoms. The van der Waals surface area contributed by atoms with E-state index < -0.39 is 0 Å². The van der Waals surface area contributed by atoms with Gasteiger partial charge < -0.3 is 10.3 Å². The highest BCUT2D eigenvalue weighted by Crippen LogP contribution is 2.16. The Morgan fingerprint density at radius 2 is 2.29 bits per heavy atom. The summed E-state index contributed by atoms with van der Waals surface area (Å²) in [4.78, 5) is 0. The van der Waals surface area contributed by atoms with Crippen LogP contribution in [0.25, 0.3) is 0 Å². The number of rotatable bonds is 6. The molecule has 0 aliphatic rings. The highest BCUT2D eigenvalue weighted by Gasteiger charge is 2.06. The van der Waals surface area contributed by atoms with E-state index >= 15 is 0 Å². The third-order valence-electron chi connectivity index (χ3n) is 3.04. The molecule has 0 fully saturated rings. The van der Waals surface area contributed by atoms with Crippen LogP contribution >= 0.6 is 11.3 Å². The van der Waals surface area contributed by atoms with E-state index in [1.165, 1.54) is 11.1 Å². The molecule has 0 spiro atoms. The van der Waals surface area contributed by atoms with Crippen molar-refractivity contribution in [1.29, 1.82) is 0 Å². The Morgan fingerprint density at radius 3 is 3.00 bits per heavy atom. The fourth-order valence-corrected chi connectivity index (χ4v) is 2.69. The van der Waals surface area contributed by atoms with Gasteiger partial charge in [0.05, 0.1) is 0 Å². The van der Waals surface area contributed by atoms with Gasteiger partial charge in [0.25, 0.3) is 0 Å². The van der Waals surface area contributed by atoms with Gasteiger partial charge in [-0.1, -0.05) is 13.3 Å². The highest BCUT2D eigenvalue weighted by atomic mass is 32.1. The Morgan fingerprint density at radius 1 is 1.41 bits per heavy atom. The minimum Gasteiger partial charge on any atom is -0.354 e. The van der Waals surface area contributed by atoms with Crippen molar-refractivity contribution in [3.05, 3.63) is 46.4 Å². The van der Waals surface area contributed by atoms with Crippen molar-refractivity contribution < 1.29 is 0 Å². The van der Waals surface area contributed by atoms with E-state index in [0.29, 0.717) is 0 Å². The van der Waals surface area contributed by atoms with Crippen LogP contribution in [0.1, 0.15) is 36.9 Å². The van der Waals surface area contributed by atoms with Gasteiger partial charge >= 0.3 is 0 Å². The summed E-state index contributed by atoms with van der Waals surface area (Å²) >= 11 is 1.76. The summed E-state index contributed by atoms with van der Waals surface area (Å²) < 4.78 is 2.24. The molecule has 0 amide bonds. The number of aryl methyl sites for hydroxylation is 2. The molecular weight excluding hydrogens is 228 g/mol. The summed E-state index contributed by atoms with van der Waals surface area (Å²) in [5.41, 5.74) is 8.78. The van der Waals surface area contributed by atoms with Gasteiger partial charge in [0.15, 0.2) is 0 Å². The van der Waals surface area contributed by atoms with Gasteiger partial charge in [-0.15, -0.1) is 0 Å². The second-order valence-electron chi connectivity index (χ2n) is 4.46. The molecule has 0 aliphatic carbocycles. The van der Waals surface area contributed by atoms with Crippen molar-refractivity contribution in [2.24, 2.45) is 5.73 Å². The predicted molar refractivity (Wildman–Crippen MR) is 74.3 cm³/mol. The molecule has 2 aromatic heterocycles. The van der Waals surface area contributed by atoms with Crippen LogP contribution in [-0.2, 0) is 13.0 Å². The number of nitrogens with two attached hydrogens (primary N) is 1. The molecule has 2 heterocycles. The first-order chi connectivity index (χ1) is 8.29. The Labute approximate surface area is 107 Å². The van der Waals surface area contributed by atoms with Crippen LogP contribution in [0.15, 0.2) is 35.3 Å². The van der Waals surface area contributed by atoms with Crippen molar-refractivity contribution in [3.63, 3.8) is 0 Å². The number of hydrogen-bond acceptors (Lipinski definition) is 2. The molecule has 0 saturated heterocycles. The quantitative estimate of drug-likeness (QED) is 0.832. The van der Waals surface area contributed by atoms with Gasteiger partial charge in [-0.2, -0.15) is 11.3 Å². The smallest absolute Gasteiger partial charge is 0.0309 e. The highest BCUT2D eigenvalue weighted by molar-refractivity contribution is 7.07. The molecule has 3 heteroatoms. The molecule has 2 N–H and O–H groups in total. The van der Waals surface area contributed by atoms with Crippen LogP contribution in [0.3, 0.4) is 0 Å². The van der Waals surface area contributed by atoms with Gasteiger partial charge in [-0.3, -0.25) is 0 Å². The summed E-state index contributed by atoms with van der Waals surface area (Å²) in [6.07, 6.45) is 7.63. The SMILES string of the molecule is CCCC(N)c1ccn(CCc2ccsc2)c1. The van der Waals surface area contributed by atoms with Gasteiger partial charge in [-0.25, -0.2) is 0 Å². The Bertz CT molecular complexity index is 431. The van der Waals surface area contributed by atoms with E-state index in [0.717, 1.165) is 25.8 Å². The summed E-state index contributed by atoms with van der Waals surface area (Å²) in [5.74, 6) is 0. The summed E-state index contributed by atoms with van der Waals surface area (Å²) in [7, 11) is 0. The standard InChI is InChI=1S/C14H20N2S/c1-2-3-14(15)13-5-8-16(10-13)7-4-12-6-9-17-11-12/h5-6,8-11,14H,2-4,7,15H2,1H3. The molecule has 0 aromatic carbocycles. The Hall–Kier alpha value is -1.06. The van der Waals surface area contributed by atoms with Crippen LogP contribution in [0.4, 0.5) is 0 Å². The summed E-state index contributed by atoms with van der Waals surface area (Å²) in [6, 6.07) is 4.54. The molecule has 1 atom stereocenters. The van der Waals surface area contributed by atoms with Crippen molar-refractivity contribution in [1.82, 2.24) is 4.57 Å². The lowest BCUT2D eigenvalue weighted by molar-refractivity contribution is 0.632. The molecule has 92 valence electrons. The zero-order valence-electron chi connectivity index (χ0n) is 10.3. The van der Waals surface area contributed by atoms with E-state index in [1.807, 2.05) is 0 Å². The first-order valence-electron chi connectivity index (χ1n) is 6.22. The number of thiophene rings is 1. The van der Waals surface area contributed by atoms with Crippen molar-refractivity contribution >= 4 is 11.3 Å². The molecule has 2 aromatic rings. The predicted octanol–water partition coefficient (Wildman–Crippen LogP) is 3.59. The van der Waals surface area contributed by atoms with Crippen molar-refractivity contribution in [2.75, 3.05) is 0 Å². The molecule has 2 rings (SSSR count). The zero-order valence-corrected chi connectivity index (χ0v) is 11.1. The average Bonchev–Trinajstić information content (AvgIpc) is 2.98. The fraction of sp³-hybridized carbons (Fsp3) is 0.429. The first kappa shape index (κ1) is 12.4. The van der Waals surface area contributed by atoms with Gasteiger partial charge in [0.1, 0.15) is 0 Å². The van der Waals surface area contributed by atoms with Crippen LogP contribution < -0.4 is 5.73 Å². The van der Waals surface area contributed by atoms with Crippen LogP contribution in [0.2, 0.25) is 0 Å². The molecule has 1 unspecified atom stereocenters. The average molecular weight is 248 g/mol. The lowest BCUT2D eigenvalue weighted by Crippen LogP contribution is -2.08. The van der Waals surface area contributed by atoms with E-state index in [2.05, 4.69) is 46.8 Å². The molecule has 0 saturated carbocycles. The van der Waals surface area contributed by atoms with Crippen molar-refractivity contribution in [3.8, 4) is 0 Å². The summed E-state index contributed by atoms with van der Waals surface area (Å²) in [6.45, 7) is 3.21. The lowest BCUT2D eigenvalue weighted by Gasteiger charge is -2.07. The fourth-order valence-electron chi connectivity index (χ4n) is 1.99. The first-order valence-corrected chi connectivity index (χ1v) is 7.16. The van der Waals surface area contributed by atoms with E-state index in [9.17, 15) is 0 Å². The second kappa shape index (κ2) is 6.03. The maximum Gasteiger partial charge on any atom is 0.0309 e. The van der Waals surface area contributed by atoms with Gasteiger partial charge in [-0.05, 0) is 46.9 Å². The normalized spacial score (nSPS) is 12.8. The number of hydrogen-bond donors (Lipinski definition) is 1. The maximum atomic E-state index is 6.10. The van der Waals surface area contributed by atoms with E-state index in [4.69, 9.17) is 5.73 Å². The van der Waals surface area contributed by atoms with Crippen molar-refractivity contribution in [2.45, 2.75) is 38.8 Å². The number of nitrogens with zero attached hydrogens (tertiary/aromatic N) is 1. The maximum absolute atomic E-state index is 6.10. The largest absolute Gasteiger partial charge is 0.354 e. The third kappa shape index (κ3) is 3.45. The lowest BCUT2D eigenvalue weighted by atomic mass is 10.1. The molecule has 0 aliphatic heterocycles. The van der Waals surface area contributed by atoms with Crippen LogP contribution in [-0.4, -0.2) is 4.57 Å². The second-order valence-corrected chi connectivity index (χ2v) is 5.24. The third-order valence-corrected chi connectivity index (χ3v) is 3.77. The Kier molecular flexibility index (Phi) is 4.40. The van der Waals surface area contributed by atoms with E-state index in [-0.39, 0.29) is 6.04 Å². The van der Waals surface area contributed by atoms with Crippen LogP contribution in [0.5, 0.6) is 0 Å². The minimum atomic E-state index is 0.197. The molecular formula is C14H20N2S. The molecule has 2 nitrogen and oxygen atoms in total. The van der Waals surface area contributed by atoms with Gasteiger partial charge in [0, 0.05) is 25.0 Å². The molecule has 0 bridgehead atoms. The topological polar surface area (TPSA) is 30.9 Å². The van der Waals surface area contributed by atoms with Crippen LogP contribution in [0, 0.1) is 0 Å². The van der Waals surface area contributed by atoms with Gasteiger partial charge in [0.2, 0.25) is 0 Å². The number of aromatic nitrogens is 1. The summed E-state index contributed by atoms with van der Waals surface area (Å²) in [5, 5.41) is 4.35. The Balaban J connectivity index is 1.89. The minimum absolute atomic E-state index is 0.197.